The molecule has 1 atom stereocenters. The molecule has 1 saturated heterocycles. The molecule has 1 aromatic heterocycles. The summed E-state index contributed by atoms with van der Waals surface area (Å²) >= 11 is 0. The second kappa shape index (κ2) is 6.01. The predicted octanol–water partition coefficient (Wildman–Crippen LogP) is 0.878. The normalized spacial score (nSPS) is 19.5. The first-order chi connectivity index (χ1) is 9.10. The quantitative estimate of drug-likeness (QED) is 0.825. The predicted molar refractivity (Wildman–Crippen MR) is 69.3 cm³/mol. The Morgan fingerprint density at radius 3 is 2.95 bits per heavy atom. The molecule has 1 aliphatic heterocycles. The van der Waals surface area contributed by atoms with Crippen LogP contribution < -0.4 is 5.48 Å². The third-order valence-corrected chi connectivity index (χ3v) is 3.39. The number of amides is 2. The van der Waals surface area contributed by atoms with Gasteiger partial charge in [-0.15, -0.1) is 0 Å². The van der Waals surface area contributed by atoms with Gasteiger partial charge in [-0.05, 0) is 32.6 Å². The zero-order valence-electron chi connectivity index (χ0n) is 11.7. The third kappa shape index (κ3) is 3.44. The molecule has 0 saturated carbocycles. The van der Waals surface area contributed by atoms with E-state index in [4.69, 9.17) is 0 Å². The Morgan fingerprint density at radius 2 is 2.32 bits per heavy atom. The lowest BCUT2D eigenvalue weighted by atomic mass is 9.98. The molecule has 2 amide bonds. The number of carbonyl (C=O) groups excluding carboxylic acids is 1. The lowest BCUT2D eigenvalue weighted by Crippen LogP contribution is -2.46. The number of hydrogen-bond acceptors (Lipinski definition) is 4. The summed E-state index contributed by atoms with van der Waals surface area (Å²) in [6.45, 7) is 6.17. The summed E-state index contributed by atoms with van der Waals surface area (Å²) in [5, 5.41) is 4.37. The van der Waals surface area contributed by atoms with Crippen LogP contribution in [0.15, 0.2) is 0 Å². The maximum Gasteiger partial charge on any atom is 0.341 e. The van der Waals surface area contributed by atoms with E-state index in [9.17, 15) is 4.79 Å². The van der Waals surface area contributed by atoms with Crippen LogP contribution in [0.4, 0.5) is 4.79 Å². The first-order valence-corrected chi connectivity index (χ1v) is 6.56. The van der Waals surface area contributed by atoms with Gasteiger partial charge in [-0.25, -0.2) is 19.9 Å². The van der Waals surface area contributed by atoms with Crippen LogP contribution in [-0.2, 0) is 11.4 Å². The van der Waals surface area contributed by atoms with E-state index in [1.807, 2.05) is 18.5 Å². The fourth-order valence-electron chi connectivity index (χ4n) is 2.53. The number of likely N-dealkylation sites (tertiary alicyclic amines) is 1. The van der Waals surface area contributed by atoms with Crippen molar-refractivity contribution in [3.63, 3.8) is 0 Å². The largest absolute Gasteiger partial charge is 0.341 e. The van der Waals surface area contributed by atoms with Crippen molar-refractivity contribution in [2.24, 2.45) is 5.92 Å². The van der Waals surface area contributed by atoms with Gasteiger partial charge >= 0.3 is 6.03 Å². The zero-order chi connectivity index (χ0) is 13.8. The Kier molecular flexibility index (Phi) is 4.36. The molecule has 106 valence electrons. The average Bonchev–Trinajstić information content (AvgIpc) is 2.68. The van der Waals surface area contributed by atoms with E-state index >= 15 is 0 Å². The van der Waals surface area contributed by atoms with Crippen LogP contribution in [0.2, 0.25) is 0 Å². The van der Waals surface area contributed by atoms with E-state index in [1.165, 1.54) is 7.11 Å². The van der Waals surface area contributed by atoms with Crippen LogP contribution >= 0.6 is 0 Å². The van der Waals surface area contributed by atoms with Crippen molar-refractivity contribution in [2.75, 3.05) is 20.2 Å². The Morgan fingerprint density at radius 1 is 1.53 bits per heavy atom. The smallest absolute Gasteiger partial charge is 0.323 e. The number of carbonyl (C=O) groups is 1. The standard InChI is InChI=1S/C12H21N5O2/c1-9-13-10(2)17(14-9)8-11-5-4-6-16(7-11)12(18)15-19-3/h11H,4-8H2,1-3H3,(H,15,18). The molecule has 1 aromatic rings. The molecule has 2 heterocycles. The van der Waals surface area contributed by atoms with Crippen LogP contribution in [0.3, 0.4) is 0 Å². The molecule has 7 nitrogen and oxygen atoms in total. The van der Waals surface area contributed by atoms with Crippen molar-refractivity contribution in [1.29, 1.82) is 0 Å². The minimum Gasteiger partial charge on any atom is -0.323 e. The molecule has 0 radical (unpaired) electrons. The molecule has 0 spiro atoms. The lowest BCUT2D eigenvalue weighted by molar-refractivity contribution is 0.0755. The van der Waals surface area contributed by atoms with E-state index in [0.717, 1.165) is 44.1 Å². The summed E-state index contributed by atoms with van der Waals surface area (Å²) in [5.41, 5.74) is 2.37. The monoisotopic (exact) mass is 267 g/mol. The Labute approximate surface area is 112 Å². The number of aryl methyl sites for hydroxylation is 2. The number of hydrogen-bond donors (Lipinski definition) is 1. The molecule has 1 unspecified atom stereocenters. The highest BCUT2D eigenvalue weighted by molar-refractivity contribution is 5.73. The minimum atomic E-state index is -0.168. The average molecular weight is 267 g/mol. The van der Waals surface area contributed by atoms with E-state index in [0.29, 0.717) is 5.92 Å². The molecule has 1 aliphatic rings. The summed E-state index contributed by atoms with van der Waals surface area (Å²) in [7, 11) is 1.45. The van der Waals surface area contributed by atoms with Gasteiger partial charge in [0.15, 0.2) is 0 Å². The Balaban J connectivity index is 1.94. The number of hydroxylamine groups is 1. The second-order valence-electron chi connectivity index (χ2n) is 4.95. The fraction of sp³-hybridized carbons (Fsp3) is 0.750. The van der Waals surface area contributed by atoms with E-state index in [2.05, 4.69) is 20.4 Å². The highest BCUT2D eigenvalue weighted by Gasteiger charge is 2.24. The number of rotatable bonds is 3. The number of nitrogens with one attached hydrogen (secondary N) is 1. The summed E-state index contributed by atoms with van der Waals surface area (Å²) in [4.78, 5) is 22.5. The van der Waals surface area contributed by atoms with Crippen LogP contribution in [0.1, 0.15) is 24.5 Å². The molecule has 0 aliphatic carbocycles. The first-order valence-electron chi connectivity index (χ1n) is 6.56. The van der Waals surface area contributed by atoms with Crippen LogP contribution in [-0.4, -0.2) is 45.9 Å². The summed E-state index contributed by atoms with van der Waals surface area (Å²) in [6, 6.07) is -0.168. The van der Waals surface area contributed by atoms with Gasteiger partial charge in [0.05, 0.1) is 7.11 Å². The fourth-order valence-corrected chi connectivity index (χ4v) is 2.53. The lowest BCUT2D eigenvalue weighted by Gasteiger charge is -2.32. The molecule has 7 heteroatoms. The van der Waals surface area contributed by atoms with Gasteiger partial charge in [0.1, 0.15) is 11.6 Å². The molecule has 1 fully saturated rings. The van der Waals surface area contributed by atoms with Gasteiger partial charge in [0, 0.05) is 19.6 Å². The molecular weight excluding hydrogens is 246 g/mol. The number of aromatic nitrogens is 3. The topological polar surface area (TPSA) is 72.3 Å². The highest BCUT2D eigenvalue weighted by atomic mass is 16.6. The zero-order valence-corrected chi connectivity index (χ0v) is 11.7. The first kappa shape index (κ1) is 13.8. The Hall–Kier alpha value is -1.63. The van der Waals surface area contributed by atoms with Crippen molar-refractivity contribution in [3.8, 4) is 0 Å². The SMILES string of the molecule is CONC(=O)N1CCCC(Cn2nc(C)nc2C)C1. The molecular formula is C12H21N5O2. The summed E-state index contributed by atoms with van der Waals surface area (Å²) in [6.07, 6.45) is 2.11. The van der Waals surface area contributed by atoms with Gasteiger partial charge in [-0.1, -0.05) is 0 Å². The second-order valence-corrected chi connectivity index (χ2v) is 4.95. The van der Waals surface area contributed by atoms with Crippen LogP contribution in [0.25, 0.3) is 0 Å². The van der Waals surface area contributed by atoms with Crippen molar-refractivity contribution < 1.29 is 9.63 Å². The molecule has 2 rings (SSSR count). The van der Waals surface area contributed by atoms with E-state index < -0.39 is 0 Å². The number of piperidine rings is 1. The summed E-state index contributed by atoms with van der Waals surface area (Å²) < 4.78 is 1.93. The van der Waals surface area contributed by atoms with Gasteiger partial charge in [-0.2, -0.15) is 5.10 Å². The molecule has 19 heavy (non-hydrogen) atoms. The van der Waals surface area contributed by atoms with Crippen molar-refractivity contribution in [1.82, 2.24) is 25.1 Å². The molecule has 1 N–H and O–H groups in total. The molecule has 0 bridgehead atoms. The van der Waals surface area contributed by atoms with Gasteiger partial charge < -0.3 is 4.90 Å². The van der Waals surface area contributed by atoms with Gasteiger partial charge in [0.25, 0.3) is 0 Å². The van der Waals surface area contributed by atoms with E-state index in [1.54, 1.807) is 4.90 Å². The molecule has 0 aromatic carbocycles. The van der Waals surface area contributed by atoms with Crippen molar-refractivity contribution in [3.05, 3.63) is 11.6 Å². The van der Waals surface area contributed by atoms with Crippen molar-refractivity contribution >= 4 is 6.03 Å². The highest BCUT2D eigenvalue weighted by Crippen LogP contribution is 2.18. The maximum absolute atomic E-state index is 11.7. The minimum absolute atomic E-state index is 0.168. The van der Waals surface area contributed by atoms with Crippen LogP contribution in [0, 0.1) is 19.8 Å². The Bertz CT molecular complexity index is 445. The maximum atomic E-state index is 11.7. The number of urea groups is 1. The summed E-state index contributed by atoms with van der Waals surface area (Å²) in [5.74, 6) is 2.13. The van der Waals surface area contributed by atoms with E-state index in [-0.39, 0.29) is 6.03 Å². The van der Waals surface area contributed by atoms with Crippen LogP contribution in [0.5, 0.6) is 0 Å². The van der Waals surface area contributed by atoms with Gasteiger partial charge in [0.2, 0.25) is 0 Å². The van der Waals surface area contributed by atoms with Gasteiger partial charge in [-0.3, -0.25) is 4.84 Å². The third-order valence-electron chi connectivity index (χ3n) is 3.39. The number of nitrogens with zero attached hydrogens (tertiary/aromatic N) is 4. The van der Waals surface area contributed by atoms with Crippen molar-refractivity contribution in [2.45, 2.75) is 33.2 Å².